The lowest BCUT2D eigenvalue weighted by Gasteiger charge is -2.23. The Morgan fingerprint density at radius 1 is 0.842 bits per heavy atom. The van der Waals surface area contributed by atoms with E-state index in [0.717, 1.165) is 0 Å². The normalized spacial score (nSPS) is 12.3. The quantitative estimate of drug-likeness (QED) is 0.695. The first-order valence-corrected chi connectivity index (χ1v) is 8.59. The third-order valence-corrected chi connectivity index (χ3v) is 3.76. The molecule has 2 N–H and O–H groups in total. The van der Waals surface area contributed by atoms with E-state index < -0.39 is 31.7 Å². The molecule has 0 radical (unpaired) electrons. The Balaban J connectivity index is 2.79. The fourth-order valence-corrected chi connectivity index (χ4v) is 2.36. The first-order valence-electron chi connectivity index (χ1n) is 5.38. The maximum Gasteiger partial charge on any atom is 0.266 e. The molecule has 0 aromatic heterocycles. The molecule has 0 saturated heterocycles. The van der Waals surface area contributed by atoms with Gasteiger partial charge in [0.05, 0.1) is 11.5 Å². The minimum absolute atomic E-state index is 0.0711. The Morgan fingerprint density at radius 3 is 1.63 bits per heavy atom. The average Bonchev–Trinajstić information content (AvgIpc) is 2.27. The molecule has 1 aromatic carbocycles. The third kappa shape index (κ3) is 7.11. The fourth-order valence-electron chi connectivity index (χ4n) is 1.46. The molecule has 19 heavy (non-hydrogen) atoms. The summed E-state index contributed by atoms with van der Waals surface area (Å²) in [5.74, 6) is -1.04. The lowest BCUT2D eigenvalue weighted by Crippen LogP contribution is -2.33. The number of rotatable bonds is 7. The average molecular weight is 309 g/mol. The second kappa shape index (κ2) is 6.33. The van der Waals surface area contributed by atoms with Gasteiger partial charge in [-0.3, -0.25) is 9.11 Å². The highest BCUT2D eigenvalue weighted by molar-refractivity contribution is 7.86. The molecule has 7 nitrogen and oxygen atoms in total. The number of para-hydroxylation sites is 1. The smallest absolute Gasteiger partial charge is 0.266 e. The van der Waals surface area contributed by atoms with Crippen molar-refractivity contribution >= 4 is 25.9 Å². The van der Waals surface area contributed by atoms with Crippen molar-refractivity contribution in [2.45, 2.75) is 0 Å². The first-order chi connectivity index (χ1) is 8.67. The Bertz CT molecular complexity index is 560. The molecule has 0 aliphatic rings. The molecule has 9 heteroatoms. The van der Waals surface area contributed by atoms with E-state index in [9.17, 15) is 16.8 Å². The number of anilines is 1. The van der Waals surface area contributed by atoms with Gasteiger partial charge in [0.15, 0.2) is 0 Å². The standard InChI is InChI=1S/C10H15NO6S2/c12-18(13,14)8-6-11(7-9-19(15,16)17)10-4-2-1-3-5-10/h1-5H,6-9H2,(H,12,13,14)(H,15,16,17). The van der Waals surface area contributed by atoms with Crippen LogP contribution in [0.4, 0.5) is 5.69 Å². The predicted octanol–water partition coefficient (Wildman–Crippen LogP) is 0.269. The molecule has 1 aromatic rings. The maximum atomic E-state index is 10.7. The maximum absolute atomic E-state index is 10.7. The van der Waals surface area contributed by atoms with E-state index in [2.05, 4.69) is 0 Å². The van der Waals surface area contributed by atoms with Crippen LogP contribution in [-0.2, 0) is 20.2 Å². The molecule has 0 aliphatic carbocycles. The Morgan fingerprint density at radius 2 is 1.26 bits per heavy atom. The molecule has 0 aliphatic heterocycles. The van der Waals surface area contributed by atoms with Gasteiger partial charge in [0.2, 0.25) is 0 Å². The van der Waals surface area contributed by atoms with Crippen LogP contribution in [0, 0.1) is 0 Å². The highest BCUT2D eigenvalue weighted by Gasteiger charge is 2.14. The zero-order chi connectivity index (χ0) is 14.5. The molecule has 0 heterocycles. The molecule has 0 saturated carbocycles. The van der Waals surface area contributed by atoms with Gasteiger partial charge in [-0.1, -0.05) is 18.2 Å². The van der Waals surface area contributed by atoms with Crippen LogP contribution in [0.2, 0.25) is 0 Å². The molecule has 0 spiro atoms. The number of benzene rings is 1. The van der Waals surface area contributed by atoms with Gasteiger partial charge in [-0.15, -0.1) is 0 Å². The highest BCUT2D eigenvalue weighted by atomic mass is 32.2. The summed E-state index contributed by atoms with van der Waals surface area (Å²) in [6.07, 6.45) is 0. The van der Waals surface area contributed by atoms with Crippen molar-refractivity contribution < 1.29 is 25.9 Å². The number of hydrogen-bond acceptors (Lipinski definition) is 5. The van der Waals surface area contributed by atoms with Crippen molar-refractivity contribution in [1.82, 2.24) is 0 Å². The van der Waals surface area contributed by atoms with Crippen LogP contribution in [-0.4, -0.2) is 50.5 Å². The third-order valence-electron chi connectivity index (χ3n) is 2.36. The summed E-state index contributed by atoms with van der Waals surface area (Å²) in [4.78, 5) is 1.46. The summed E-state index contributed by atoms with van der Waals surface area (Å²) in [7, 11) is -8.27. The van der Waals surface area contributed by atoms with Crippen LogP contribution in [0.3, 0.4) is 0 Å². The Kier molecular flexibility index (Phi) is 5.29. The molecule has 108 valence electrons. The van der Waals surface area contributed by atoms with Crippen LogP contribution < -0.4 is 4.90 Å². The van der Waals surface area contributed by atoms with E-state index in [1.807, 2.05) is 0 Å². The van der Waals surface area contributed by atoms with Crippen LogP contribution in [0.25, 0.3) is 0 Å². The zero-order valence-corrected chi connectivity index (χ0v) is 11.6. The van der Waals surface area contributed by atoms with E-state index in [-0.39, 0.29) is 13.1 Å². The van der Waals surface area contributed by atoms with Crippen molar-refractivity contribution in [3.63, 3.8) is 0 Å². The van der Waals surface area contributed by atoms with E-state index in [4.69, 9.17) is 9.11 Å². The predicted molar refractivity (Wildman–Crippen MR) is 71.5 cm³/mol. The summed E-state index contributed by atoms with van der Waals surface area (Å²) in [5.41, 5.74) is 0.606. The van der Waals surface area contributed by atoms with Gasteiger partial charge in [0, 0.05) is 18.8 Å². The van der Waals surface area contributed by atoms with Gasteiger partial charge >= 0.3 is 0 Å². The summed E-state index contributed by atoms with van der Waals surface area (Å²) < 4.78 is 60.4. The molecule has 0 unspecified atom stereocenters. The van der Waals surface area contributed by atoms with Crippen molar-refractivity contribution in [2.24, 2.45) is 0 Å². The largest absolute Gasteiger partial charge is 0.369 e. The lowest BCUT2D eigenvalue weighted by atomic mass is 10.3. The molecule has 1 rings (SSSR count). The van der Waals surface area contributed by atoms with Gasteiger partial charge < -0.3 is 4.90 Å². The molecular formula is C10H15NO6S2. The van der Waals surface area contributed by atoms with E-state index in [1.54, 1.807) is 30.3 Å². The van der Waals surface area contributed by atoms with Crippen molar-refractivity contribution in [3.8, 4) is 0 Å². The molecule has 0 atom stereocenters. The van der Waals surface area contributed by atoms with Crippen LogP contribution >= 0.6 is 0 Å². The van der Waals surface area contributed by atoms with Crippen molar-refractivity contribution in [3.05, 3.63) is 30.3 Å². The van der Waals surface area contributed by atoms with Crippen molar-refractivity contribution in [2.75, 3.05) is 29.5 Å². The first kappa shape index (κ1) is 15.9. The topological polar surface area (TPSA) is 112 Å². The number of hydrogen-bond donors (Lipinski definition) is 2. The summed E-state index contributed by atoms with van der Waals surface area (Å²) in [6.45, 7) is -0.142. The van der Waals surface area contributed by atoms with Crippen LogP contribution in [0.15, 0.2) is 30.3 Å². The Labute approximate surface area is 112 Å². The van der Waals surface area contributed by atoms with Crippen LogP contribution in [0.5, 0.6) is 0 Å². The van der Waals surface area contributed by atoms with E-state index in [0.29, 0.717) is 5.69 Å². The number of nitrogens with zero attached hydrogens (tertiary/aromatic N) is 1. The highest BCUT2D eigenvalue weighted by Crippen LogP contribution is 2.13. The Hall–Kier alpha value is -1.16. The van der Waals surface area contributed by atoms with Gasteiger partial charge in [-0.25, -0.2) is 0 Å². The fraction of sp³-hybridized carbons (Fsp3) is 0.400. The lowest BCUT2D eigenvalue weighted by molar-refractivity contribution is 0.482. The van der Waals surface area contributed by atoms with Crippen molar-refractivity contribution in [1.29, 1.82) is 0 Å². The second-order valence-electron chi connectivity index (χ2n) is 3.89. The van der Waals surface area contributed by atoms with E-state index in [1.165, 1.54) is 4.90 Å². The van der Waals surface area contributed by atoms with Gasteiger partial charge in [-0.05, 0) is 12.1 Å². The van der Waals surface area contributed by atoms with Gasteiger partial charge in [-0.2, -0.15) is 16.8 Å². The zero-order valence-electron chi connectivity index (χ0n) is 10.0. The summed E-state index contributed by atoms with van der Waals surface area (Å²) in [6, 6.07) is 8.53. The van der Waals surface area contributed by atoms with Gasteiger partial charge in [0.1, 0.15) is 0 Å². The summed E-state index contributed by atoms with van der Waals surface area (Å²) >= 11 is 0. The van der Waals surface area contributed by atoms with E-state index >= 15 is 0 Å². The molecule has 0 bridgehead atoms. The second-order valence-corrected chi connectivity index (χ2v) is 7.04. The molecular weight excluding hydrogens is 294 g/mol. The summed E-state index contributed by atoms with van der Waals surface area (Å²) in [5, 5.41) is 0. The monoisotopic (exact) mass is 309 g/mol. The van der Waals surface area contributed by atoms with Gasteiger partial charge in [0.25, 0.3) is 20.2 Å². The minimum Gasteiger partial charge on any atom is -0.369 e. The molecule has 0 fully saturated rings. The minimum atomic E-state index is -4.13. The molecule has 0 amide bonds. The van der Waals surface area contributed by atoms with Crippen LogP contribution in [0.1, 0.15) is 0 Å². The SMILES string of the molecule is O=S(=O)(O)CCN(CCS(=O)(=O)O)c1ccccc1.